The maximum absolute atomic E-state index is 13.6. The van der Waals surface area contributed by atoms with Gasteiger partial charge in [-0.1, -0.05) is 29.8 Å². The van der Waals surface area contributed by atoms with Crippen LogP contribution in [0.2, 0.25) is 0 Å². The molecule has 0 atom stereocenters. The fourth-order valence-electron chi connectivity index (χ4n) is 5.43. The van der Waals surface area contributed by atoms with Crippen molar-refractivity contribution in [3.63, 3.8) is 0 Å². The molecule has 0 radical (unpaired) electrons. The van der Waals surface area contributed by atoms with Gasteiger partial charge in [0.1, 0.15) is 11.5 Å². The molecule has 1 saturated heterocycles. The summed E-state index contributed by atoms with van der Waals surface area (Å²) in [6.45, 7) is 4.00. The topological polar surface area (TPSA) is 115 Å². The van der Waals surface area contributed by atoms with Crippen LogP contribution in [0.25, 0.3) is 22.0 Å². The SMILES string of the molecule is COc1cc2nccc(Oc3ccc(CC(=O)c4nn(CC5CCOCC5)cc(-c5ccc(C)cc5)c4=O)nc3)c2cc1OC. The molecule has 1 fully saturated rings. The van der Waals surface area contributed by atoms with Crippen molar-refractivity contribution in [1.29, 1.82) is 0 Å². The van der Waals surface area contributed by atoms with E-state index in [1.165, 1.54) is 0 Å². The summed E-state index contributed by atoms with van der Waals surface area (Å²) >= 11 is 0. The van der Waals surface area contributed by atoms with Gasteiger partial charge in [-0.05, 0) is 55.5 Å². The van der Waals surface area contributed by atoms with Crippen LogP contribution in [-0.2, 0) is 17.7 Å². The highest BCUT2D eigenvalue weighted by atomic mass is 16.5. The zero-order valence-electron chi connectivity index (χ0n) is 25.5. The van der Waals surface area contributed by atoms with Crippen LogP contribution in [0.15, 0.2) is 78.0 Å². The largest absolute Gasteiger partial charge is 0.493 e. The molecule has 4 heterocycles. The summed E-state index contributed by atoms with van der Waals surface area (Å²) in [7, 11) is 3.14. The predicted molar refractivity (Wildman–Crippen MR) is 169 cm³/mol. The molecule has 1 aliphatic rings. The van der Waals surface area contributed by atoms with Gasteiger partial charge >= 0.3 is 0 Å². The molecule has 0 N–H and O–H groups in total. The molecule has 0 bridgehead atoms. The number of carbonyl (C=O) groups excluding carboxylic acids is 1. The van der Waals surface area contributed by atoms with E-state index in [0.717, 1.165) is 29.4 Å². The standard InChI is InChI=1S/C35H34N4O6/c1-22-4-6-24(7-5-22)28-21-39(20-23-11-14-44-15-12-23)38-34(35(28)41)30(40)16-25-8-9-26(19-37-25)45-31-10-13-36-29-18-33(43-3)32(42-2)17-27(29)31/h4-10,13,17-19,21,23H,11-12,14-16,20H2,1-3H3. The lowest BCUT2D eigenvalue weighted by atomic mass is 10.00. The number of benzene rings is 2. The Hall–Kier alpha value is -5.09. The smallest absolute Gasteiger partial charge is 0.218 e. The minimum atomic E-state index is -0.392. The molecule has 3 aromatic heterocycles. The van der Waals surface area contributed by atoms with Crippen LogP contribution in [0.5, 0.6) is 23.0 Å². The Bertz CT molecular complexity index is 1880. The van der Waals surface area contributed by atoms with Gasteiger partial charge < -0.3 is 18.9 Å². The first kappa shape index (κ1) is 30.0. The molecule has 10 nitrogen and oxygen atoms in total. The first-order valence-electron chi connectivity index (χ1n) is 14.8. The Morgan fingerprint density at radius 1 is 0.956 bits per heavy atom. The van der Waals surface area contributed by atoms with Gasteiger partial charge in [0.15, 0.2) is 23.0 Å². The molecule has 0 saturated carbocycles. The van der Waals surface area contributed by atoms with E-state index in [9.17, 15) is 9.59 Å². The summed E-state index contributed by atoms with van der Waals surface area (Å²) < 4.78 is 24.2. The Kier molecular flexibility index (Phi) is 8.84. The van der Waals surface area contributed by atoms with Crippen LogP contribution >= 0.6 is 0 Å². The Balaban J connectivity index is 1.24. The fourth-order valence-corrected chi connectivity index (χ4v) is 5.43. The lowest BCUT2D eigenvalue weighted by molar-refractivity contribution is 0.0598. The average molecular weight is 607 g/mol. The minimum Gasteiger partial charge on any atom is -0.493 e. The second-order valence-corrected chi connectivity index (χ2v) is 11.1. The zero-order valence-corrected chi connectivity index (χ0v) is 25.5. The number of hydrogen-bond acceptors (Lipinski definition) is 9. The molecule has 1 aliphatic heterocycles. The molecule has 0 aliphatic carbocycles. The third-order valence-electron chi connectivity index (χ3n) is 7.95. The number of nitrogens with zero attached hydrogens (tertiary/aromatic N) is 4. The van der Waals surface area contributed by atoms with Crippen LogP contribution in [0.3, 0.4) is 0 Å². The Labute approximate surface area is 260 Å². The third-order valence-corrected chi connectivity index (χ3v) is 7.95. The van der Waals surface area contributed by atoms with E-state index in [1.807, 2.05) is 37.3 Å². The summed E-state index contributed by atoms with van der Waals surface area (Å²) in [4.78, 5) is 36.0. The van der Waals surface area contributed by atoms with Gasteiger partial charge in [0.25, 0.3) is 0 Å². The number of ether oxygens (including phenoxy) is 4. The highest BCUT2D eigenvalue weighted by molar-refractivity contribution is 5.96. The summed E-state index contributed by atoms with van der Waals surface area (Å²) in [5, 5.41) is 5.27. The lowest BCUT2D eigenvalue weighted by Crippen LogP contribution is -2.28. The first-order valence-corrected chi connectivity index (χ1v) is 14.8. The molecule has 0 spiro atoms. The van der Waals surface area contributed by atoms with Crippen LogP contribution < -0.4 is 19.6 Å². The van der Waals surface area contributed by atoms with Crippen molar-refractivity contribution in [3.8, 4) is 34.1 Å². The molecule has 5 aromatic rings. The number of pyridine rings is 2. The van der Waals surface area contributed by atoms with Gasteiger partial charge in [-0.2, -0.15) is 5.10 Å². The number of aryl methyl sites for hydroxylation is 1. The van der Waals surface area contributed by atoms with E-state index >= 15 is 0 Å². The van der Waals surface area contributed by atoms with Crippen LogP contribution in [0, 0.1) is 12.8 Å². The van der Waals surface area contributed by atoms with E-state index in [4.69, 9.17) is 18.9 Å². The van der Waals surface area contributed by atoms with Crippen molar-refractivity contribution < 1.29 is 23.7 Å². The number of hydrogen-bond donors (Lipinski definition) is 0. The maximum atomic E-state index is 13.6. The van der Waals surface area contributed by atoms with Crippen molar-refractivity contribution in [2.75, 3.05) is 27.4 Å². The van der Waals surface area contributed by atoms with Crippen molar-refractivity contribution in [2.24, 2.45) is 5.92 Å². The second kappa shape index (κ2) is 13.3. The monoisotopic (exact) mass is 606 g/mol. The second-order valence-electron chi connectivity index (χ2n) is 11.1. The summed E-state index contributed by atoms with van der Waals surface area (Å²) in [5.74, 6) is 2.14. The number of methoxy groups -OCH3 is 2. The maximum Gasteiger partial charge on any atom is 0.218 e. The van der Waals surface area contributed by atoms with Crippen molar-refractivity contribution in [2.45, 2.75) is 32.7 Å². The Morgan fingerprint density at radius 3 is 2.42 bits per heavy atom. The van der Waals surface area contributed by atoms with Crippen LogP contribution in [0.1, 0.15) is 34.6 Å². The van der Waals surface area contributed by atoms with Gasteiger partial charge in [0.05, 0.1) is 32.4 Å². The van der Waals surface area contributed by atoms with Crippen molar-refractivity contribution >= 4 is 16.7 Å². The zero-order chi connectivity index (χ0) is 31.3. The molecule has 230 valence electrons. The number of rotatable bonds is 10. The third kappa shape index (κ3) is 6.71. The van der Waals surface area contributed by atoms with E-state index < -0.39 is 5.78 Å². The highest BCUT2D eigenvalue weighted by Crippen LogP contribution is 2.36. The van der Waals surface area contributed by atoms with Gasteiger partial charge in [0, 0.05) is 54.9 Å². The van der Waals surface area contributed by atoms with Crippen LogP contribution in [-0.4, -0.2) is 53.0 Å². The first-order chi connectivity index (χ1) is 21.9. The number of fused-ring (bicyclic) bond motifs is 1. The van der Waals surface area contributed by atoms with E-state index in [1.54, 1.807) is 61.8 Å². The van der Waals surface area contributed by atoms with E-state index in [-0.39, 0.29) is 17.5 Å². The molecule has 45 heavy (non-hydrogen) atoms. The number of ketones is 1. The predicted octanol–water partition coefficient (Wildman–Crippen LogP) is 5.82. The van der Waals surface area contributed by atoms with E-state index in [2.05, 4.69) is 15.1 Å². The van der Waals surface area contributed by atoms with Gasteiger partial charge in [-0.15, -0.1) is 0 Å². The number of carbonyl (C=O) groups is 1. The van der Waals surface area contributed by atoms with Gasteiger partial charge in [-0.25, -0.2) is 0 Å². The normalized spacial score (nSPS) is 13.5. The molecule has 2 aromatic carbocycles. The molecule has 10 heteroatoms. The molecular weight excluding hydrogens is 572 g/mol. The molecule has 0 unspecified atom stereocenters. The minimum absolute atomic E-state index is 0.0771. The molecule has 6 rings (SSSR count). The Morgan fingerprint density at radius 2 is 1.71 bits per heavy atom. The number of Topliss-reactive ketones (excluding diaryl/α,β-unsaturated/α-hetero) is 1. The summed E-state index contributed by atoms with van der Waals surface area (Å²) in [5.41, 5.74) is 3.00. The van der Waals surface area contributed by atoms with E-state index in [0.29, 0.717) is 65.4 Å². The van der Waals surface area contributed by atoms with Crippen molar-refractivity contribution in [1.82, 2.24) is 19.7 Å². The molecule has 0 amide bonds. The fraction of sp³-hybridized carbons (Fsp3) is 0.286. The van der Waals surface area contributed by atoms with Gasteiger partial charge in [0.2, 0.25) is 5.43 Å². The lowest BCUT2D eigenvalue weighted by Gasteiger charge is -2.23. The summed E-state index contributed by atoms with van der Waals surface area (Å²) in [6, 6.07) is 16.5. The van der Waals surface area contributed by atoms with Crippen molar-refractivity contribution in [3.05, 3.63) is 100 Å². The summed E-state index contributed by atoms with van der Waals surface area (Å²) in [6.07, 6.45) is 6.70. The average Bonchev–Trinajstić information content (AvgIpc) is 3.06. The van der Waals surface area contributed by atoms with Crippen LogP contribution in [0.4, 0.5) is 0 Å². The highest BCUT2D eigenvalue weighted by Gasteiger charge is 2.21. The van der Waals surface area contributed by atoms with Gasteiger partial charge in [-0.3, -0.25) is 24.2 Å². The molecular formula is C35H34N4O6. The number of aromatic nitrogens is 4. The quantitative estimate of drug-likeness (QED) is 0.181.